The van der Waals surface area contributed by atoms with E-state index in [2.05, 4.69) is 61.5 Å². The van der Waals surface area contributed by atoms with Crippen molar-refractivity contribution >= 4 is 22.6 Å². The van der Waals surface area contributed by atoms with Crippen molar-refractivity contribution in [1.82, 2.24) is 9.80 Å². The molecule has 0 bridgehead atoms. The van der Waals surface area contributed by atoms with E-state index in [4.69, 9.17) is 5.73 Å². The summed E-state index contributed by atoms with van der Waals surface area (Å²) in [5, 5.41) is 2.29. The van der Waals surface area contributed by atoms with Crippen LogP contribution in [0.2, 0.25) is 0 Å². The zero-order chi connectivity index (χ0) is 28.0. The molecule has 0 spiro atoms. The van der Waals surface area contributed by atoms with Crippen LogP contribution in [0.5, 0.6) is 0 Å². The molecular weight excluding hydrogens is 482 g/mol. The van der Waals surface area contributed by atoms with E-state index in [1.807, 2.05) is 43.0 Å². The molecule has 1 unspecified atom stereocenters. The fraction of sp³-hybridized carbons (Fsp3) is 0.412. The van der Waals surface area contributed by atoms with Crippen LogP contribution in [0.4, 0.5) is 0 Å². The predicted octanol–water partition coefficient (Wildman–Crippen LogP) is 5.76. The number of hydrogen-bond donors (Lipinski definition) is 1. The van der Waals surface area contributed by atoms with E-state index >= 15 is 0 Å². The summed E-state index contributed by atoms with van der Waals surface area (Å²) >= 11 is 0. The van der Waals surface area contributed by atoms with E-state index in [1.165, 1.54) is 5.56 Å². The number of likely N-dealkylation sites (N-methyl/N-ethyl adjacent to an activating group) is 1. The third-order valence-electron chi connectivity index (χ3n) is 7.81. The molecule has 1 saturated heterocycles. The number of nitrogens with zero attached hydrogens (tertiary/aromatic N) is 2. The summed E-state index contributed by atoms with van der Waals surface area (Å²) < 4.78 is 0. The fourth-order valence-electron chi connectivity index (χ4n) is 5.66. The number of amides is 2. The molecule has 39 heavy (non-hydrogen) atoms. The van der Waals surface area contributed by atoms with E-state index in [1.54, 1.807) is 18.0 Å². The van der Waals surface area contributed by atoms with E-state index in [0.717, 1.165) is 42.1 Å². The maximum Gasteiger partial charge on any atom is 0.246 e. The molecule has 5 nitrogen and oxygen atoms in total. The van der Waals surface area contributed by atoms with Crippen LogP contribution in [-0.2, 0) is 22.4 Å². The highest BCUT2D eigenvalue weighted by Gasteiger charge is 2.37. The average molecular weight is 526 g/mol. The van der Waals surface area contributed by atoms with Gasteiger partial charge < -0.3 is 15.5 Å². The molecule has 0 radical (unpaired) electrons. The lowest BCUT2D eigenvalue weighted by molar-refractivity contribution is -0.144. The lowest BCUT2D eigenvalue weighted by atomic mass is 9.76. The molecule has 1 fully saturated rings. The molecule has 4 rings (SSSR count). The van der Waals surface area contributed by atoms with Gasteiger partial charge in [0.25, 0.3) is 0 Å². The number of piperidine rings is 1. The van der Waals surface area contributed by atoms with Gasteiger partial charge in [-0.1, -0.05) is 85.8 Å². The number of rotatable bonds is 9. The van der Waals surface area contributed by atoms with E-state index < -0.39 is 11.6 Å². The Morgan fingerprint density at radius 1 is 1.03 bits per heavy atom. The van der Waals surface area contributed by atoms with Crippen molar-refractivity contribution in [3.8, 4) is 0 Å². The second-order valence-corrected chi connectivity index (χ2v) is 12.3. The van der Waals surface area contributed by atoms with Gasteiger partial charge in [-0.05, 0) is 72.9 Å². The van der Waals surface area contributed by atoms with Gasteiger partial charge >= 0.3 is 0 Å². The molecule has 0 aromatic heterocycles. The Morgan fingerprint density at radius 3 is 2.44 bits per heavy atom. The first kappa shape index (κ1) is 28.6. The molecule has 1 heterocycles. The van der Waals surface area contributed by atoms with Gasteiger partial charge in [-0.15, -0.1) is 0 Å². The molecule has 2 amide bonds. The van der Waals surface area contributed by atoms with Crippen molar-refractivity contribution in [3.05, 3.63) is 96.1 Å². The molecule has 206 valence electrons. The maximum atomic E-state index is 14.2. The third kappa shape index (κ3) is 7.79. The quantitative estimate of drug-likeness (QED) is 0.361. The SMILES string of the molecule is CN(C(=O)/C=C/CC(C)(C)N)C(Cc1ccc2ccccc2c1)C(=O)N1CCC[C@@](C)(Cc2ccccc2)C1. The third-order valence-corrected chi connectivity index (χ3v) is 7.81. The number of carbonyl (C=O) groups is 2. The van der Waals surface area contributed by atoms with E-state index in [-0.39, 0.29) is 17.2 Å². The topological polar surface area (TPSA) is 66.6 Å². The van der Waals surface area contributed by atoms with Crippen LogP contribution in [0.1, 0.15) is 51.2 Å². The molecule has 2 atom stereocenters. The number of hydrogen-bond acceptors (Lipinski definition) is 3. The van der Waals surface area contributed by atoms with Crippen LogP contribution in [0.15, 0.2) is 84.9 Å². The second-order valence-electron chi connectivity index (χ2n) is 12.3. The molecule has 1 aliphatic heterocycles. The van der Waals surface area contributed by atoms with Crippen LogP contribution in [-0.4, -0.2) is 53.3 Å². The molecule has 2 N–H and O–H groups in total. The maximum absolute atomic E-state index is 14.2. The van der Waals surface area contributed by atoms with Gasteiger partial charge in [0.15, 0.2) is 0 Å². The molecule has 3 aromatic rings. The van der Waals surface area contributed by atoms with Gasteiger partial charge in [-0.3, -0.25) is 9.59 Å². The minimum atomic E-state index is -0.590. The Kier molecular flexibility index (Phi) is 8.91. The molecular formula is C34H43N3O2. The Balaban J connectivity index is 1.57. The van der Waals surface area contributed by atoms with Crippen molar-refractivity contribution in [2.24, 2.45) is 11.1 Å². The largest absolute Gasteiger partial charge is 0.340 e. The van der Waals surface area contributed by atoms with Crippen LogP contribution < -0.4 is 5.73 Å². The fourth-order valence-corrected chi connectivity index (χ4v) is 5.66. The normalized spacial score (nSPS) is 18.8. The minimum Gasteiger partial charge on any atom is -0.340 e. The van der Waals surface area contributed by atoms with E-state index in [0.29, 0.717) is 19.4 Å². The van der Waals surface area contributed by atoms with Crippen molar-refractivity contribution in [1.29, 1.82) is 0 Å². The summed E-state index contributed by atoms with van der Waals surface area (Å²) in [6.45, 7) is 7.55. The first-order valence-electron chi connectivity index (χ1n) is 14.1. The Morgan fingerprint density at radius 2 is 1.72 bits per heavy atom. The Labute approximate surface area is 233 Å². The van der Waals surface area contributed by atoms with Crippen LogP contribution in [0.3, 0.4) is 0 Å². The molecule has 0 aliphatic carbocycles. The van der Waals surface area contributed by atoms with Crippen molar-refractivity contribution in [2.45, 2.75) is 64.5 Å². The van der Waals surface area contributed by atoms with Gasteiger partial charge in [0.1, 0.15) is 6.04 Å². The summed E-state index contributed by atoms with van der Waals surface area (Å²) in [6, 6.07) is 24.4. The predicted molar refractivity (Wildman–Crippen MR) is 160 cm³/mol. The summed E-state index contributed by atoms with van der Waals surface area (Å²) in [5.74, 6) is -0.159. The highest BCUT2D eigenvalue weighted by atomic mass is 16.2. The smallest absolute Gasteiger partial charge is 0.246 e. The Hall–Kier alpha value is -3.44. The van der Waals surface area contributed by atoms with Gasteiger partial charge in [0, 0.05) is 32.1 Å². The van der Waals surface area contributed by atoms with Gasteiger partial charge in [0.2, 0.25) is 11.8 Å². The van der Waals surface area contributed by atoms with E-state index in [9.17, 15) is 9.59 Å². The number of likely N-dealkylation sites (tertiary alicyclic amines) is 1. The van der Waals surface area contributed by atoms with Crippen molar-refractivity contribution < 1.29 is 9.59 Å². The van der Waals surface area contributed by atoms with Gasteiger partial charge in [-0.25, -0.2) is 0 Å². The first-order chi connectivity index (χ1) is 18.5. The monoisotopic (exact) mass is 525 g/mol. The van der Waals surface area contributed by atoms with Crippen LogP contribution in [0, 0.1) is 5.41 Å². The number of carbonyl (C=O) groups excluding carboxylic acids is 2. The molecule has 3 aromatic carbocycles. The second kappa shape index (κ2) is 12.2. The minimum absolute atomic E-state index is 0.00203. The lowest BCUT2D eigenvalue weighted by Crippen LogP contribution is -2.54. The lowest BCUT2D eigenvalue weighted by Gasteiger charge is -2.43. The molecule has 0 saturated carbocycles. The zero-order valence-electron chi connectivity index (χ0n) is 23.9. The highest BCUT2D eigenvalue weighted by Crippen LogP contribution is 2.34. The number of nitrogens with two attached hydrogens (primary N) is 1. The zero-order valence-corrected chi connectivity index (χ0v) is 23.9. The van der Waals surface area contributed by atoms with Crippen LogP contribution in [0.25, 0.3) is 10.8 Å². The van der Waals surface area contributed by atoms with Crippen molar-refractivity contribution in [3.63, 3.8) is 0 Å². The highest BCUT2D eigenvalue weighted by molar-refractivity contribution is 5.93. The van der Waals surface area contributed by atoms with Crippen LogP contribution >= 0.6 is 0 Å². The van der Waals surface area contributed by atoms with Gasteiger partial charge in [-0.2, -0.15) is 0 Å². The summed E-state index contributed by atoms with van der Waals surface area (Å²) in [6.07, 6.45) is 7.39. The summed E-state index contributed by atoms with van der Waals surface area (Å²) in [4.78, 5) is 31.0. The molecule has 1 aliphatic rings. The Bertz CT molecular complexity index is 1310. The summed E-state index contributed by atoms with van der Waals surface area (Å²) in [5.41, 5.74) is 8.03. The number of benzene rings is 3. The van der Waals surface area contributed by atoms with Gasteiger partial charge in [0.05, 0.1) is 0 Å². The standard InChI is InChI=1S/C34H43N3O2/c1-33(2,35)19-10-16-31(38)36(4)30(23-27-17-18-28-14-8-9-15-29(28)22-27)32(39)37-21-11-20-34(3,25-37)24-26-12-6-5-7-13-26/h5-10,12-18,22,30H,11,19-21,23-25,35H2,1-4H3/b16-10+/t30?,34-/m0/s1. The number of fused-ring (bicyclic) bond motifs is 1. The molecule has 5 heteroatoms. The van der Waals surface area contributed by atoms with Crippen molar-refractivity contribution in [2.75, 3.05) is 20.1 Å². The first-order valence-corrected chi connectivity index (χ1v) is 14.1. The average Bonchev–Trinajstić information content (AvgIpc) is 2.90. The summed E-state index contributed by atoms with van der Waals surface area (Å²) in [7, 11) is 1.75.